The van der Waals surface area contributed by atoms with E-state index in [0.29, 0.717) is 0 Å². The van der Waals surface area contributed by atoms with E-state index in [9.17, 15) is 9.59 Å². The van der Waals surface area contributed by atoms with Gasteiger partial charge in [-0.3, -0.25) is 4.68 Å². The molecule has 1 aromatic heterocycles. The third-order valence-electron chi connectivity index (χ3n) is 1.89. The number of methoxy groups -OCH3 is 1. The second-order valence-corrected chi connectivity index (χ2v) is 2.92. The molecular formula is C8H11N3O4. The summed E-state index contributed by atoms with van der Waals surface area (Å²) in [5.74, 6) is -1.75. The van der Waals surface area contributed by atoms with Gasteiger partial charge in [-0.05, 0) is 6.92 Å². The molecule has 0 aliphatic carbocycles. The van der Waals surface area contributed by atoms with Crippen molar-refractivity contribution in [1.82, 2.24) is 9.78 Å². The molecule has 0 fully saturated rings. The van der Waals surface area contributed by atoms with Crippen molar-refractivity contribution in [3.05, 3.63) is 11.9 Å². The summed E-state index contributed by atoms with van der Waals surface area (Å²) >= 11 is 0. The van der Waals surface area contributed by atoms with Gasteiger partial charge in [0.05, 0.1) is 12.8 Å². The van der Waals surface area contributed by atoms with Crippen LogP contribution >= 0.6 is 0 Å². The Hall–Kier alpha value is -2.05. The molecule has 1 aromatic rings. The summed E-state index contributed by atoms with van der Waals surface area (Å²) in [5, 5.41) is 12.5. The number of carbonyl (C=O) groups is 2. The number of aliphatic carboxylic acids is 1. The van der Waals surface area contributed by atoms with Gasteiger partial charge < -0.3 is 15.6 Å². The van der Waals surface area contributed by atoms with Crippen molar-refractivity contribution in [2.24, 2.45) is 0 Å². The minimum atomic E-state index is -1.06. The van der Waals surface area contributed by atoms with Crippen LogP contribution < -0.4 is 5.73 Å². The maximum absolute atomic E-state index is 11.1. The number of carboxylic acid groups (broad SMARTS) is 1. The number of hydrogen-bond acceptors (Lipinski definition) is 5. The monoisotopic (exact) mass is 213 g/mol. The Labute approximate surface area is 85.4 Å². The van der Waals surface area contributed by atoms with Gasteiger partial charge in [0, 0.05) is 6.20 Å². The van der Waals surface area contributed by atoms with Gasteiger partial charge in [-0.1, -0.05) is 0 Å². The summed E-state index contributed by atoms with van der Waals surface area (Å²) in [5.41, 5.74) is 5.49. The van der Waals surface area contributed by atoms with Crippen LogP contribution in [0.4, 0.5) is 5.69 Å². The van der Waals surface area contributed by atoms with Crippen LogP contribution in [0.3, 0.4) is 0 Å². The Morgan fingerprint density at radius 3 is 2.73 bits per heavy atom. The molecule has 0 bridgehead atoms. The smallest absolute Gasteiger partial charge is 0.360 e. The summed E-state index contributed by atoms with van der Waals surface area (Å²) in [4.78, 5) is 21.8. The van der Waals surface area contributed by atoms with Crippen molar-refractivity contribution in [2.75, 3.05) is 12.8 Å². The molecular weight excluding hydrogens is 202 g/mol. The van der Waals surface area contributed by atoms with Gasteiger partial charge in [0.2, 0.25) is 0 Å². The first-order chi connectivity index (χ1) is 6.97. The molecule has 1 rings (SSSR count). The first-order valence-electron chi connectivity index (χ1n) is 4.13. The highest BCUT2D eigenvalue weighted by Gasteiger charge is 2.20. The van der Waals surface area contributed by atoms with E-state index in [1.165, 1.54) is 20.2 Å². The van der Waals surface area contributed by atoms with Crippen molar-refractivity contribution in [3.63, 3.8) is 0 Å². The molecule has 1 unspecified atom stereocenters. The summed E-state index contributed by atoms with van der Waals surface area (Å²) < 4.78 is 5.53. The number of anilines is 1. The van der Waals surface area contributed by atoms with Crippen molar-refractivity contribution in [3.8, 4) is 0 Å². The van der Waals surface area contributed by atoms with E-state index < -0.39 is 18.0 Å². The van der Waals surface area contributed by atoms with E-state index in [2.05, 4.69) is 9.84 Å². The number of nitrogens with zero attached hydrogens (tertiary/aromatic N) is 2. The quantitative estimate of drug-likeness (QED) is 0.678. The van der Waals surface area contributed by atoms with E-state index >= 15 is 0 Å². The Morgan fingerprint density at radius 2 is 2.27 bits per heavy atom. The highest BCUT2D eigenvalue weighted by atomic mass is 16.5. The molecule has 0 saturated heterocycles. The average Bonchev–Trinajstić information content (AvgIpc) is 2.57. The number of rotatable bonds is 3. The van der Waals surface area contributed by atoms with E-state index in [0.717, 1.165) is 4.68 Å². The topological polar surface area (TPSA) is 107 Å². The molecule has 0 aliphatic heterocycles. The number of hydrogen-bond donors (Lipinski definition) is 2. The average molecular weight is 213 g/mol. The molecule has 0 aliphatic rings. The molecule has 3 N–H and O–H groups in total. The van der Waals surface area contributed by atoms with Crippen LogP contribution in [0.25, 0.3) is 0 Å². The minimum absolute atomic E-state index is 0.0781. The summed E-state index contributed by atoms with van der Waals surface area (Å²) in [7, 11) is 1.20. The molecule has 1 atom stereocenters. The lowest BCUT2D eigenvalue weighted by atomic mass is 10.3. The molecule has 0 saturated carbocycles. The third kappa shape index (κ3) is 2.06. The molecule has 0 radical (unpaired) electrons. The van der Waals surface area contributed by atoms with E-state index in [1.54, 1.807) is 0 Å². The summed E-state index contributed by atoms with van der Waals surface area (Å²) in [6.45, 7) is 1.43. The molecule has 7 nitrogen and oxygen atoms in total. The first-order valence-corrected chi connectivity index (χ1v) is 4.13. The van der Waals surface area contributed by atoms with E-state index in [-0.39, 0.29) is 11.4 Å². The van der Waals surface area contributed by atoms with Crippen molar-refractivity contribution >= 4 is 17.6 Å². The van der Waals surface area contributed by atoms with E-state index in [1.807, 2.05) is 0 Å². The second kappa shape index (κ2) is 3.99. The fraction of sp³-hybridized carbons (Fsp3) is 0.375. The molecule has 82 valence electrons. The fourth-order valence-corrected chi connectivity index (χ4v) is 0.973. The zero-order valence-corrected chi connectivity index (χ0v) is 8.30. The Morgan fingerprint density at radius 1 is 1.67 bits per heavy atom. The van der Waals surface area contributed by atoms with Crippen LogP contribution in [0.15, 0.2) is 6.20 Å². The van der Waals surface area contributed by atoms with Crippen molar-refractivity contribution in [2.45, 2.75) is 13.0 Å². The van der Waals surface area contributed by atoms with Crippen LogP contribution in [0.2, 0.25) is 0 Å². The fourth-order valence-electron chi connectivity index (χ4n) is 0.973. The minimum Gasteiger partial charge on any atom is -0.480 e. The van der Waals surface area contributed by atoms with Gasteiger partial charge in [0.25, 0.3) is 0 Å². The number of aromatic nitrogens is 2. The lowest BCUT2D eigenvalue weighted by molar-refractivity contribution is -0.140. The maximum Gasteiger partial charge on any atom is 0.360 e. The largest absolute Gasteiger partial charge is 0.480 e. The van der Waals surface area contributed by atoms with Crippen LogP contribution in [0, 0.1) is 0 Å². The lowest BCUT2D eigenvalue weighted by Gasteiger charge is -2.04. The number of carboxylic acids is 1. The lowest BCUT2D eigenvalue weighted by Crippen LogP contribution is -2.16. The SMILES string of the molecule is COC(=O)c1nn(C(C)C(=O)O)cc1N. The van der Waals surface area contributed by atoms with Gasteiger partial charge in [0.1, 0.15) is 6.04 Å². The number of carbonyl (C=O) groups excluding carboxylic acids is 1. The van der Waals surface area contributed by atoms with Crippen LogP contribution in [0.5, 0.6) is 0 Å². The molecule has 0 spiro atoms. The third-order valence-corrected chi connectivity index (χ3v) is 1.89. The van der Waals surface area contributed by atoms with Gasteiger partial charge in [-0.15, -0.1) is 0 Å². The van der Waals surface area contributed by atoms with Crippen LogP contribution in [0.1, 0.15) is 23.5 Å². The number of nitrogens with two attached hydrogens (primary N) is 1. The molecule has 7 heteroatoms. The van der Waals surface area contributed by atoms with Crippen molar-refractivity contribution in [1.29, 1.82) is 0 Å². The highest BCUT2D eigenvalue weighted by Crippen LogP contribution is 2.14. The maximum atomic E-state index is 11.1. The van der Waals surface area contributed by atoms with E-state index in [4.69, 9.17) is 10.8 Å². The first kappa shape index (κ1) is 11.0. The van der Waals surface area contributed by atoms with Gasteiger partial charge in [-0.2, -0.15) is 5.10 Å². The van der Waals surface area contributed by atoms with Crippen LogP contribution in [-0.2, 0) is 9.53 Å². The standard InChI is InChI=1S/C8H11N3O4/c1-4(7(12)13)11-3-5(9)6(10-11)8(14)15-2/h3-4H,9H2,1-2H3,(H,12,13). The molecule has 0 aromatic carbocycles. The Bertz CT molecular complexity index is 399. The van der Waals surface area contributed by atoms with Crippen LogP contribution in [-0.4, -0.2) is 33.9 Å². The predicted molar refractivity (Wildman–Crippen MR) is 50.3 cm³/mol. The summed E-state index contributed by atoms with van der Waals surface area (Å²) in [6.07, 6.45) is 1.28. The Kier molecular flexibility index (Phi) is 2.93. The van der Waals surface area contributed by atoms with Gasteiger partial charge in [-0.25, -0.2) is 9.59 Å². The van der Waals surface area contributed by atoms with Gasteiger partial charge in [0.15, 0.2) is 5.69 Å². The normalized spacial score (nSPS) is 12.1. The zero-order chi connectivity index (χ0) is 11.6. The number of ether oxygens (including phenoxy) is 1. The molecule has 1 heterocycles. The predicted octanol–water partition coefficient (Wildman–Crippen LogP) is -0.102. The van der Waals surface area contributed by atoms with Gasteiger partial charge >= 0.3 is 11.9 Å². The molecule has 15 heavy (non-hydrogen) atoms. The van der Waals surface area contributed by atoms with Crippen molar-refractivity contribution < 1.29 is 19.4 Å². The Balaban J connectivity index is 3.05. The highest BCUT2D eigenvalue weighted by molar-refractivity contribution is 5.92. The summed E-state index contributed by atoms with van der Waals surface area (Å²) in [6, 6.07) is -0.884. The number of esters is 1. The number of nitrogen functional groups attached to an aromatic ring is 1. The second-order valence-electron chi connectivity index (χ2n) is 2.92. The molecule has 0 amide bonds. The zero-order valence-electron chi connectivity index (χ0n) is 8.30.